The maximum atomic E-state index is 13.1. The van der Waals surface area contributed by atoms with Crippen LogP contribution < -0.4 is 10.9 Å². The molecular weight excluding hydrogens is 421 g/mol. The van der Waals surface area contributed by atoms with Crippen LogP contribution in [0.1, 0.15) is 21.5 Å². The van der Waals surface area contributed by atoms with Gasteiger partial charge in [-0.1, -0.05) is 35.9 Å². The van der Waals surface area contributed by atoms with Crippen molar-refractivity contribution in [3.05, 3.63) is 92.9 Å². The Morgan fingerprint density at radius 1 is 1.23 bits per heavy atom. The van der Waals surface area contributed by atoms with Gasteiger partial charge in [0, 0.05) is 6.54 Å². The van der Waals surface area contributed by atoms with Gasteiger partial charge in [0.25, 0.3) is 11.5 Å². The summed E-state index contributed by atoms with van der Waals surface area (Å²) in [6.07, 6.45) is 2.99. The van der Waals surface area contributed by atoms with E-state index in [4.69, 9.17) is 11.6 Å². The number of halogens is 2. The number of benzene rings is 2. The van der Waals surface area contributed by atoms with Crippen LogP contribution in [0, 0.1) is 12.7 Å². The van der Waals surface area contributed by atoms with E-state index in [-0.39, 0.29) is 22.7 Å². The van der Waals surface area contributed by atoms with Gasteiger partial charge in [0.2, 0.25) is 0 Å². The Bertz CT molecular complexity index is 1330. The molecule has 0 saturated heterocycles. The monoisotopic (exact) mass is 439 g/mol. The van der Waals surface area contributed by atoms with Crippen molar-refractivity contribution in [2.75, 3.05) is 6.54 Å². The number of hydrogen-bond acceptors (Lipinski definition) is 4. The zero-order valence-electron chi connectivity index (χ0n) is 16.7. The number of hydrogen-bond donors (Lipinski definition) is 1. The molecule has 7 nitrogen and oxygen atoms in total. The number of amides is 1. The molecule has 4 aromatic rings. The number of rotatable bonds is 6. The highest BCUT2D eigenvalue weighted by Gasteiger charge is 2.13. The Morgan fingerprint density at radius 3 is 2.81 bits per heavy atom. The number of carbonyl (C=O) groups is 1. The predicted octanol–water partition coefficient (Wildman–Crippen LogP) is 3.17. The van der Waals surface area contributed by atoms with E-state index >= 15 is 0 Å². The van der Waals surface area contributed by atoms with Crippen molar-refractivity contribution in [2.45, 2.75) is 20.0 Å². The molecule has 0 aliphatic carbocycles. The van der Waals surface area contributed by atoms with Crippen molar-refractivity contribution in [3.63, 3.8) is 0 Å². The second-order valence-corrected chi connectivity index (χ2v) is 7.50. The van der Waals surface area contributed by atoms with Crippen molar-refractivity contribution in [2.24, 2.45) is 0 Å². The first-order valence-electron chi connectivity index (χ1n) is 9.63. The first-order valence-corrected chi connectivity index (χ1v) is 10.0. The minimum Gasteiger partial charge on any atom is -0.350 e. The minimum atomic E-state index is -0.510. The number of nitrogens with zero attached hydrogens (tertiary/aromatic N) is 4. The Hall–Kier alpha value is -3.52. The van der Waals surface area contributed by atoms with Gasteiger partial charge < -0.3 is 5.32 Å². The molecule has 0 radical (unpaired) electrons. The highest BCUT2D eigenvalue weighted by Crippen LogP contribution is 2.17. The van der Waals surface area contributed by atoms with E-state index in [9.17, 15) is 14.0 Å². The van der Waals surface area contributed by atoms with Crippen LogP contribution in [0.4, 0.5) is 4.39 Å². The normalized spacial score (nSPS) is 11.1. The molecule has 0 aliphatic rings. The molecule has 9 heteroatoms. The van der Waals surface area contributed by atoms with E-state index in [0.717, 1.165) is 17.2 Å². The van der Waals surface area contributed by atoms with Crippen LogP contribution in [-0.2, 0) is 13.1 Å². The van der Waals surface area contributed by atoms with Gasteiger partial charge in [-0.15, -0.1) is 0 Å². The first-order chi connectivity index (χ1) is 14.9. The van der Waals surface area contributed by atoms with Crippen LogP contribution in [0.15, 0.2) is 59.8 Å². The van der Waals surface area contributed by atoms with Crippen molar-refractivity contribution >= 4 is 28.5 Å². The Morgan fingerprint density at radius 2 is 2.03 bits per heavy atom. The van der Waals surface area contributed by atoms with Crippen LogP contribution in [0.3, 0.4) is 0 Å². The smallest absolute Gasteiger partial charge is 0.264 e. The van der Waals surface area contributed by atoms with Gasteiger partial charge in [0.15, 0.2) is 5.65 Å². The molecule has 0 atom stereocenters. The average Bonchev–Trinajstić information content (AvgIpc) is 3.15. The molecule has 0 fully saturated rings. The summed E-state index contributed by atoms with van der Waals surface area (Å²) in [7, 11) is 0. The van der Waals surface area contributed by atoms with Gasteiger partial charge in [0.1, 0.15) is 17.5 Å². The topological polar surface area (TPSA) is 81.8 Å². The summed E-state index contributed by atoms with van der Waals surface area (Å²) in [5.41, 5.74) is 2.59. The van der Waals surface area contributed by atoms with E-state index in [1.165, 1.54) is 24.7 Å². The quantitative estimate of drug-likeness (QED) is 0.500. The molecule has 4 rings (SSSR count). The van der Waals surface area contributed by atoms with Crippen LogP contribution in [0.5, 0.6) is 0 Å². The molecule has 1 N–H and O–H groups in total. The molecule has 0 unspecified atom stereocenters. The molecule has 2 heterocycles. The predicted molar refractivity (Wildman–Crippen MR) is 116 cm³/mol. The van der Waals surface area contributed by atoms with Gasteiger partial charge in [0.05, 0.1) is 29.9 Å². The summed E-state index contributed by atoms with van der Waals surface area (Å²) < 4.78 is 16.2. The summed E-state index contributed by atoms with van der Waals surface area (Å²) in [6, 6.07) is 11.5. The fourth-order valence-electron chi connectivity index (χ4n) is 3.29. The molecule has 0 spiro atoms. The number of nitrogens with one attached hydrogen (secondary N) is 1. The van der Waals surface area contributed by atoms with Crippen LogP contribution in [-0.4, -0.2) is 31.8 Å². The summed E-state index contributed by atoms with van der Waals surface area (Å²) in [5, 5.41) is 7.39. The van der Waals surface area contributed by atoms with Gasteiger partial charge in [-0.2, -0.15) is 5.10 Å². The maximum Gasteiger partial charge on any atom is 0.264 e. The third kappa shape index (κ3) is 4.34. The molecule has 0 saturated carbocycles. The van der Waals surface area contributed by atoms with Crippen LogP contribution in [0.25, 0.3) is 11.0 Å². The van der Waals surface area contributed by atoms with Crippen LogP contribution >= 0.6 is 11.6 Å². The molecule has 2 aromatic heterocycles. The fraction of sp³-hybridized carbons (Fsp3) is 0.182. The Labute approximate surface area is 182 Å². The number of aromatic nitrogens is 4. The van der Waals surface area contributed by atoms with E-state index in [0.29, 0.717) is 24.1 Å². The number of carbonyl (C=O) groups excluding carboxylic acids is 1. The standard InChI is InChI=1S/C22H19ClFN5O2/c1-14-4-2-3-5-15(14)12-28-13-26-20-18(22(28)31)11-27-29(20)9-8-25-21(30)17-7-6-16(24)10-19(17)23/h2-7,10-11,13H,8-9,12H2,1H3,(H,25,30). The van der Waals surface area contributed by atoms with Crippen molar-refractivity contribution in [1.82, 2.24) is 24.6 Å². The summed E-state index contributed by atoms with van der Waals surface area (Å²) in [5.74, 6) is -0.932. The molecule has 0 aliphatic heterocycles. The fourth-order valence-corrected chi connectivity index (χ4v) is 3.54. The van der Waals surface area contributed by atoms with E-state index in [1.807, 2.05) is 31.2 Å². The molecule has 0 bridgehead atoms. The Kier molecular flexibility index (Phi) is 5.81. The molecule has 1 amide bonds. The minimum absolute atomic E-state index is 0.0397. The van der Waals surface area contributed by atoms with Crippen molar-refractivity contribution < 1.29 is 9.18 Å². The van der Waals surface area contributed by atoms with Gasteiger partial charge in [-0.3, -0.25) is 14.2 Å². The number of fused-ring (bicyclic) bond motifs is 1. The zero-order valence-corrected chi connectivity index (χ0v) is 17.4. The van der Waals surface area contributed by atoms with E-state index in [2.05, 4.69) is 15.4 Å². The van der Waals surface area contributed by atoms with Crippen LogP contribution in [0.2, 0.25) is 5.02 Å². The van der Waals surface area contributed by atoms with E-state index < -0.39 is 11.7 Å². The largest absolute Gasteiger partial charge is 0.350 e. The second-order valence-electron chi connectivity index (χ2n) is 7.09. The highest BCUT2D eigenvalue weighted by atomic mass is 35.5. The molecule has 2 aromatic carbocycles. The molecule has 158 valence electrons. The lowest BCUT2D eigenvalue weighted by Crippen LogP contribution is -2.28. The van der Waals surface area contributed by atoms with Crippen molar-refractivity contribution in [1.29, 1.82) is 0 Å². The third-order valence-electron chi connectivity index (χ3n) is 5.01. The summed E-state index contributed by atoms with van der Waals surface area (Å²) in [6.45, 7) is 2.96. The lowest BCUT2D eigenvalue weighted by molar-refractivity contribution is 0.0952. The van der Waals surface area contributed by atoms with Gasteiger partial charge in [-0.25, -0.2) is 14.1 Å². The number of aryl methyl sites for hydroxylation is 1. The third-order valence-corrected chi connectivity index (χ3v) is 5.32. The maximum absolute atomic E-state index is 13.1. The molecular formula is C22H19ClFN5O2. The van der Waals surface area contributed by atoms with Gasteiger partial charge >= 0.3 is 0 Å². The SMILES string of the molecule is Cc1ccccc1Cn1cnc2c(cnn2CCNC(=O)c2ccc(F)cc2Cl)c1=O. The van der Waals surface area contributed by atoms with Gasteiger partial charge in [-0.05, 0) is 36.2 Å². The lowest BCUT2D eigenvalue weighted by atomic mass is 10.1. The highest BCUT2D eigenvalue weighted by molar-refractivity contribution is 6.33. The first kappa shape index (κ1) is 20.7. The summed E-state index contributed by atoms with van der Waals surface area (Å²) in [4.78, 5) is 29.5. The molecule has 31 heavy (non-hydrogen) atoms. The Balaban J connectivity index is 1.47. The van der Waals surface area contributed by atoms with E-state index in [1.54, 1.807) is 9.25 Å². The average molecular weight is 440 g/mol. The zero-order chi connectivity index (χ0) is 22.0. The summed E-state index contributed by atoms with van der Waals surface area (Å²) >= 11 is 5.92. The lowest BCUT2D eigenvalue weighted by Gasteiger charge is -2.09. The van der Waals surface area contributed by atoms with Crippen molar-refractivity contribution in [3.8, 4) is 0 Å². The second kappa shape index (κ2) is 8.69.